The second-order valence-corrected chi connectivity index (χ2v) is 11.7. The number of benzene rings is 3. The summed E-state index contributed by atoms with van der Waals surface area (Å²) in [6, 6.07) is 30.4. The predicted molar refractivity (Wildman–Crippen MR) is 163 cm³/mol. The molecule has 218 valence electrons. The molecule has 3 aromatic carbocycles. The third-order valence-electron chi connectivity index (χ3n) is 7.40. The van der Waals surface area contributed by atoms with Crippen LogP contribution >= 0.6 is 0 Å². The lowest BCUT2D eigenvalue weighted by atomic mass is 9.96. The molecule has 42 heavy (non-hydrogen) atoms. The van der Waals surface area contributed by atoms with Gasteiger partial charge >= 0.3 is 6.09 Å². The summed E-state index contributed by atoms with van der Waals surface area (Å²) in [6.07, 6.45) is -1.32. The van der Waals surface area contributed by atoms with Gasteiger partial charge in [-0.15, -0.1) is 0 Å². The van der Waals surface area contributed by atoms with E-state index >= 15 is 0 Å². The molecule has 1 aromatic heterocycles. The Hall–Kier alpha value is -4.16. The van der Waals surface area contributed by atoms with E-state index < -0.39 is 17.8 Å². The second-order valence-electron chi connectivity index (χ2n) is 11.7. The van der Waals surface area contributed by atoms with E-state index in [0.717, 1.165) is 26.2 Å². The third kappa shape index (κ3) is 6.82. The van der Waals surface area contributed by atoms with Crippen LogP contribution < -0.4 is 4.74 Å². The number of hydrogen-bond acceptors (Lipinski definition) is 7. The standard InChI is InChI=1S/C34H38N4O4/c1-34(2,3)42-33(40)38-27(22-35)21-29-30(38)15-10-16-31(29)41-24-28(39)23-36-17-19-37(20-18-36)32(25-11-6-4-7-12-25)26-13-8-5-9-14-26/h4-16,21,28,32,39H,17-20,23-24H2,1-3H3. The Kier molecular flexibility index (Phi) is 8.93. The number of carbonyl (C=O) groups is 1. The minimum atomic E-state index is -0.700. The van der Waals surface area contributed by atoms with E-state index in [1.807, 2.05) is 12.1 Å². The van der Waals surface area contributed by atoms with Gasteiger partial charge in [-0.25, -0.2) is 9.36 Å². The Morgan fingerprint density at radius 1 is 0.929 bits per heavy atom. The van der Waals surface area contributed by atoms with Crippen molar-refractivity contribution in [1.29, 1.82) is 5.26 Å². The number of hydrogen-bond donors (Lipinski definition) is 1. The Morgan fingerprint density at radius 3 is 2.12 bits per heavy atom. The lowest BCUT2D eigenvalue weighted by Crippen LogP contribution is -2.50. The van der Waals surface area contributed by atoms with Crippen LogP contribution in [0.5, 0.6) is 5.75 Å². The maximum absolute atomic E-state index is 12.8. The van der Waals surface area contributed by atoms with Crippen molar-refractivity contribution in [2.24, 2.45) is 0 Å². The molecular weight excluding hydrogens is 528 g/mol. The summed E-state index contributed by atoms with van der Waals surface area (Å²) in [4.78, 5) is 17.6. The first-order valence-corrected chi connectivity index (χ1v) is 14.4. The van der Waals surface area contributed by atoms with Gasteiger partial charge in [0.05, 0.1) is 11.6 Å². The van der Waals surface area contributed by atoms with Crippen LogP contribution in [0.2, 0.25) is 0 Å². The first kappa shape index (κ1) is 29.3. The van der Waals surface area contributed by atoms with Crippen molar-refractivity contribution in [3.8, 4) is 11.8 Å². The lowest BCUT2D eigenvalue weighted by molar-refractivity contribution is 0.0404. The van der Waals surface area contributed by atoms with Gasteiger partial charge in [0.2, 0.25) is 0 Å². The molecule has 2 heterocycles. The van der Waals surface area contributed by atoms with Crippen LogP contribution in [-0.4, -0.2) is 76.6 Å². The molecule has 1 aliphatic heterocycles. The quantitative estimate of drug-likeness (QED) is 0.304. The van der Waals surface area contributed by atoms with Gasteiger partial charge in [-0.3, -0.25) is 9.80 Å². The highest BCUT2D eigenvalue weighted by molar-refractivity contribution is 5.95. The number of aliphatic hydroxyl groups is 1. The minimum absolute atomic E-state index is 0.0927. The van der Waals surface area contributed by atoms with Crippen molar-refractivity contribution in [3.05, 3.63) is 102 Å². The Labute approximate surface area is 247 Å². The van der Waals surface area contributed by atoms with Crippen molar-refractivity contribution < 1.29 is 19.4 Å². The molecule has 1 fully saturated rings. The molecule has 1 N–H and O–H groups in total. The zero-order valence-corrected chi connectivity index (χ0v) is 24.4. The highest BCUT2D eigenvalue weighted by atomic mass is 16.6. The number of nitrogens with zero attached hydrogens (tertiary/aromatic N) is 4. The number of carbonyl (C=O) groups excluding carboxylic acids is 1. The summed E-state index contributed by atoms with van der Waals surface area (Å²) in [5.41, 5.74) is 2.54. The highest BCUT2D eigenvalue weighted by Crippen LogP contribution is 2.31. The van der Waals surface area contributed by atoms with Crippen LogP contribution in [0.3, 0.4) is 0 Å². The van der Waals surface area contributed by atoms with E-state index in [-0.39, 0.29) is 18.3 Å². The second kappa shape index (κ2) is 12.8. The third-order valence-corrected chi connectivity index (χ3v) is 7.40. The summed E-state index contributed by atoms with van der Waals surface area (Å²) in [5, 5.41) is 21.2. The van der Waals surface area contributed by atoms with Gasteiger partial charge in [-0.1, -0.05) is 66.7 Å². The molecule has 1 atom stereocenters. The first-order chi connectivity index (χ1) is 20.2. The normalized spacial score (nSPS) is 15.4. The summed E-state index contributed by atoms with van der Waals surface area (Å²) >= 11 is 0. The van der Waals surface area contributed by atoms with Crippen molar-refractivity contribution in [1.82, 2.24) is 14.4 Å². The molecule has 1 aliphatic rings. The highest BCUT2D eigenvalue weighted by Gasteiger charge is 2.28. The van der Waals surface area contributed by atoms with Crippen LogP contribution in [0, 0.1) is 11.3 Å². The van der Waals surface area contributed by atoms with Crippen LogP contribution in [0.1, 0.15) is 43.6 Å². The molecule has 1 saturated heterocycles. The molecule has 4 aromatic rings. The number of fused-ring (bicyclic) bond motifs is 1. The molecular formula is C34H38N4O4. The van der Waals surface area contributed by atoms with Gasteiger partial charge in [0, 0.05) is 38.1 Å². The number of piperazine rings is 1. The molecule has 8 nitrogen and oxygen atoms in total. The van der Waals surface area contributed by atoms with Crippen LogP contribution in [0.25, 0.3) is 10.9 Å². The fraction of sp³-hybridized carbons (Fsp3) is 0.353. The molecule has 8 heteroatoms. The molecule has 5 rings (SSSR count). The predicted octanol–water partition coefficient (Wildman–Crippen LogP) is 5.44. The number of aliphatic hydroxyl groups excluding tert-OH is 1. The van der Waals surface area contributed by atoms with Crippen LogP contribution in [0.15, 0.2) is 84.9 Å². The SMILES string of the molecule is CC(C)(C)OC(=O)n1c(C#N)cc2c(OCC(O)CN3CCN(C(c4ccccc4)c4ccccc4)CC3)cccc21. The topological polar surface area (TPSA) is 91.0 Å². The van der Waals surface area contributed by atoms with Gasteiger partial charge < -0.3 is 14.6 Å². The molecule has 0 amide bonds. The van der Waals surface area contributed by atoms with Crippen molar-refractivity contribution in [2.75, 3.05) is 39.3 Å². The average molecular weight is 567 g/mol. The molecule has 0 bridgehead atoms. The summed E-state index contributed by atoms with van der Waals surface area (Å²) in [7, 11) is 0. The largest absolute Gasteiger partial charge is 0.490 e. The van der Waals surface area contributed by atoms with Crippen LogP contribution in [0.4, 0.5) is 4.79 Å². The first-order valence-electron chi connectivity index (χ1n) is 14.4. The summed E-state index contributed by atoms with van der Waals surface area (Å²) in [5.74, 6) is 0.503. The van der Waals surface area contributed by atoms with E-state index in [4.69, 9.17) is 9.47 Å². The molecule has 0 saturated carbocycles. The minimum Gasteiger partial charge on any atom is -0.490 e. The number of nitriles is 1. The Balaban J connectivity index is 1.20. The zero-order valence-electron chi connectivity index (χ0n) is 24.4. The van der Waals surface area contributed by atoms with Gasteiger partial charge in [-0.2, -0.15) is 5.26 Å². The van der Waals surface area contributed by atoms with E-state index in [2.05, 4.69) is 64.4 Å². The van der Waals surface area contributed by atoms with Gasteiger partial charge in [0.1, 0.15) is 35.8 Å². The lowest BCUT2D eigenvalue weighted by Gasteiger charge is -2.40. The van der Waals surface area contributed by atoms with E-state index in [0.29, 0.717) is 23.2 Å². The monoisotopic (exact) mass is 566 g/mol. The zero-order chi connectivity index (χ0) is 29.7. The van der Waals surface area contributed by atoms with Crippen LogP contribution in [-0.2, 0) is 4.74 Å². The van der Waals surface area contributed by atoms with E-state index in [1.165, 1.54) is 15.7 Å². The summed E-state index contributed by atoms with van der Waals surface area (Å²) < 4.78 is 12.8. The molecule has 1 unspecified atom stereocenters. The number of ether oxygens (including phenoxy) is 2. The van der Waals surface area contributed by atoms with E-state index in [1.54, 1.807) is 45.0 Å². The van der Waals surface area contributed by atoms with Crippen molar-refractivity contribution in [3.63, 3.8) is 0 Å². The number of β-amino-alcohol motifs (C(OH)–C–C–N with tert-alkyl or cyclic N) is 1. The van der Waals surface area contributed by atoms with Gasteiger partial charge in [0.25, 0.3) is 0 Å². The molecule has 0 spiro atoms. The van der Waals surface area contributed by atoms with Crippen molar-refractivity contribution in [2.45, 2.75) is 38.5 Å². The number of aromatic nitrogens is 1. The van der Waals surface area contributed by atoms with Gasteiger partial charge in [-0.05, 0) is 50.1 Å². The molecule has 0 aliphatic carbocycles. The Bertz CT molecular complexity index is 1490. The fourth-order valence-corrected chi connectivity index (χ4v) is 5.54. The number of rotatable bonds is 8. The Morgan fingerprint density at radius 2 is 1.55 bits per heavy atom. The fourth-order valence-electron chi connectivity index (χ4n) is 5.54. The average Bonchev–Trinajstić information content (AvgIpc) is 3.37. The maximum atomic E-state index is 12.8. The summed E-state index contributed by atoms with van der Waals surface area (Å²) in [6.45, 7) is 9.38. The smallest absolute Gasteiger partial charge is 0.420 e. The van der Waals surface area contributed by atoms with E-state index in [9.17, 15) is 15.2 Å². The van der Waals surface area contributed by atoms with Crippen molar-refractivity contribution >= 4 is 17.0 Å². The maximum Gasteiger partial charge on any atom is 0.420 e. The van der Waals surface area contributed by atoms with Gasteiger partial charge in [0.15, 0.2) is 0 Å². The molecule has 0 radical (unpaired) electrons.